The molecule has 0 aliphatic carbocycles. The van der Waals surface area contributed by atoms with Crippen molar-refractivity contribution in [1.29, 1.82) is 0 Å². The Morgan fingerprint density at radius 1 is 0.864 bits per heavy atom. The fourth-order valence-electron chi connectivity index (χ4n) is 2.17. The van der Waals surface area contributed by atoms with Crippen LogP contribution in [0.15, 0.2) is 0 Å². The Labute approximate surface area is 125 Å². The summed E-state index contributed by atoms with van der Waals surface area (Å²) < 4.78 is 4.79. The normalized spacial score (nSPS) is 39.8. The zero-order chi connectivity index (χ0) is 17.2. The minimum atomic E-state index is -2.08. The standard InChI is InChI=1S/C11H23NO10/c12-3-5(16)9(20)11(21)22-10(3)8(19)7(18)6(17)4(15)2(14)1-13/h2-11,13-21H,1,12H2/t2-,3+,4-,5-,6-,7-,8-,9-,10+,11-/m1/s1. The van der Waals surface area contributed by atoms with E-state index in [-0.39, 0.29) is 0 Å². The van der Waals surface area contributed by atoms with Crippen LogP contribution in [0.4, 0.5) is 0 Å². The maximum absolute atomic E-state index is 9.93. The zero-order valence-electron chi connectivity index (χ0n) is 11.5. The summed E-state index contributed by atoms with van der Waals surface area (Å²) >= 11 is 0. The molecule has 22 heavy (non-hydrogen) atoms. The number of hydrogen-bond acceptors (Lipinski definition) is 11. The number of aliphatic hydroxyl groups is 9. The second kappa shape index (κ2) is 7.90. The molecular formula is C11H23NO10. The van der Waals surface area contributed by atoms with Gasteiger partial charge in [-0.05, 0) is 0 Å². The molecule has 132 valence electrons. The summed E-state index contributed by atoms with van der Waals surface area (Å²) in [5.41, 5.74) is 5.53. The van der Waals surface area contributed by atoms with Crippen LogP contribution in [0.5, 0.6) is 0 Å². The van der Waals surface area contributed by atoms with Crippen LogP contribution in [0.2, 0.25) is 0 Å². The van der Waals surface area contributed by atoms with E-state index < -0.39 is 67.8 Å². The third-order valence-electron chi connectivity index (χ3n) is 3.68. The molecule has 0 unspecified atom stereocenters. The Bertz CT molecular complexity index is 347. The second-order valence-electron chi connectivity index (χ2n) is 5.26. The molecule has 0 saturated carbocycles. The molecule has 0 aromatic heterocycles. The third kappa shape index (κ3) is 3.90. The first-order valence-corrected chi connectivity index (χ1v) is 6.59. The molecule has 1 aliphatic rings. The lowest BCUT2D eigenvalue weighted by molar-refractivity contribution is -0.280. The van der Waals surface area contributed by atoms with Gasteiger partial charge in [-0.15, -0.1) is 0 Å². The molecule has 11 N–H and O–H groups in total. The van der Waals surface area contributed by atoms with Crippen molar-refractivity contribution in [2.45, 2.75) is 61.2 Å². The van der Waals surface area contributed by atoms with E-state index in [0.717, 1.165) is 0 Å². The van der Waals surface area contributed by atoms with Crippen LogP contribution in [0.1, 0.15) is 0 Å². The monoisotopic (exact) mass is 329 g/mol. The predicted octanol–water partition coefficient (Wildman–Crippen LogP) is -6.45. The first-order valence-electron chi connectivity index (χ1n) is 6.59. The lowest BCUT2D eigenvalue weighted by Gasteiger charge is -2.42. The Hall–Kier alpha value is -0.440. The van der Waals surface area contributed by atoms with Gasteiger partial charge in [0, 0.05) is 0 Å². The van der Waals surface area contributed by atoms with Gasteiger partial charge >= 0.3 is 0 Å². The molecule has 1 fully saturated rings. The van der Waals surface area contributed by atoms with E-state index in [4.69, 9.17) is 15.6 Å². The number of aliphatic hydroxyl groups excluding tert-OH is 9. The molecule has 0 amide bonds. The van der Waals surface area contributed by atoms with Gasteiger partial charge in [-0.25, -0.2) is 0 Å². The van der Waals surface area contributed by atoms with E-state index in [0.29, 0.717) is 0 Å². The van der Waals surface area contributed by atoms with Crippen LogP contribution < -0.4 is 5.73 Å². The number of nitrogens with two attached hydrogens (primary N) is 1. The largest absolute Gasteiger partial charge is 0.394 e. The smallest absolute Gasteiger partial charge is 0.183 e. The van der Waals surface area contributed by atoms with Crippen molar-refractivity contribution in [1.82, 2.24) is 0 Å². The van der Waals surface area contributed by atoms with Gasteiger partial charge in [0.05, 0.1) is 12.6 Å². The Kier molecular flexibility index (Phi) is 7.04. The summed E-state index contributed by atoms with van der Waals surface area (Å²) in [6.07, 6.45) is -16.7. The molecule has 0 radical (unpaired) electrons. The molecule has 1 rings (SSSR count). The average Bonchev–Trinajstić information content (AvgIpc) is 2.52. The minimum Gasteiger partial charge on any atom is -0.394 e. The predicted molar refractivity (Wildman–Crippen MR) is 68.0 cm³/mol. The quantitative estimate of drug-likeness (QED) is 0.221. The first-order chi connectivity index (χ1) is 10.1. The zero-order valence-corrected chi connectivity index (χ0v) is 11.5. The van der Waals surface area contributed by atoms with Gasteiger partial charge in [0.2, 0.25) is 0 Å². The molecule has 1 heterocycles. The SMILES string of the molecule is N[C@H]1[C@@H](O)[C@@H](O)[C@H](O)O[C@@H]1[C@H](O)[C@H](O)[C@H](O)[C@H](O)[C@H](O)CO. The van der Waals surface area contributed by atoms with Gasteiger partial charge in [0.15, 0.2) is 6.29 Å². The number of hydrogen-bond donors (Lipinski definition) is 10. The maximum atomic E-state index is 9.93. The lowest BCUT2D eigenvalue weighted by atomic mass is 9.88. The molecule has 0 aromatic rings. The van der Waals surface area contributed by atoms with Gasteiger partial charge in [0.1, 0.15) is 48.8 Å². The van der Waals surface area contributed by atoms with Crippen LogP contribution in [0, 0.1) is 0 Å². The summed E-state index contributed by atoms with van der Waals surface area (Å²) in [5.74, 6) is 0. The van der Waals surface area contributed by atoms with E-state index in [2.05, 4.69) is 0 Å². The van der Waals surface area contributed by atoms with Crippen molar-refractivity contribution in [3.05, 3.63) is 0 Å². The summed E-state index contributed by atoms with van der Waals surface area (Å²) in [5, 5.41) is 85.0. The van der Waals surface area contributed by atoms with Crippen LogP contribution in [0.25, 0.3) is 0 Å². The van der Waals surface area contributed by atoms with E-state index in [1.807, 2.05) is 0 Å². The fourth-order valence-corrected chi connectivity index (χ4v) is 2.17. The molecule has 0 aromatic carbocycles. The molecule has 0 bridgehead atoms. The highest BCUT2D eigenvalue weighted by Gasteiger charge is 2.48. The fraction of sp³-hybridized carbons (Fsp3) is 1.00. The molecular weight excluding hydrogens is 306 g/mol. The van der Waals surface area contributed by atoms with Gasteiger partial charge in [-0.3, -0.25) is 0 Å². The van der Waals surface area contributed by atoms with Crippen molar-refractivity contribution >= 4 is 0 Å². The van der Waals surface area contributed by atoms with Crippen LogP contribution in [-0.4, -0.2) is 114 Å². The van der Waals surface area contributed by atoms with E-state index >= 15 is 0 Å². The molecule has 0 spiro atoms. The molecule has 10 atom stereocenters. The molecule has 11 nitrogen and oxygen atoms in total. The van der Waals surface area contributed by atoms with Crippen molar-refractivity contribution < 1.29 is 50.7 Å². The van der Waals surface area contributed by atoms with E-state index in [1.54, 1.807) is 0 Å². The molecule has 11 heteroatoms. The Morgan fingerprint density at radius 2 is 1.41 bits per heavy atom. The van der Waals surface area contributed by atoms with Crippen molar-refractivity contribution in [3.63, 3.8) is 0 Å². The van der Waals surface area contributed by atoms with E-state index in [9.17, 15) is 40.9 Å². The molecule has 1 saturated heterocycles. The summed E-state index contributed by atoms with van der Waals surface area (Å²) in [6.45, 7) is -0.899. The van der Waals surface area contributed by atoms with Crippen LogP contribution >= 0.6 is 0 Å². The number of rotatable bonds is 6. The highest BCUT2D eigenvalue weighted by molar-refractivity contribution is 4.98. The lowest BCUT2D eigenvalue weighted by Crippen LogP contribution is -2.66. The van der Waals surface area contributed by atoms with Crippen LogP contribution in [-0.2, 0) is 4.74 Å². The van der Waals surface area contributed by atoms with Crippen LogP contribution in [0.3, 0.4) is 0 Å². The van der Waals surface area contributed by atoms with Gasteiger partial charge in [0.25, 0.3) is 0 Å². The molecule has 1 aliphatic heterocycles. The summed E-state index contributed by atoms with van der Waals surface area (Å²) in [4.78, 5) is 0. The highest BCUT2D eigenvalue weighted by Crippen LogP contribution is 2.23. The van der Waals surface area contributed by atoms with E-state index in [1.165, 1.54) is 0 Å². The third-order valence-corrected chi connectivity index (χ3v) is 3.68. The Balaban J connectivity index is 2.79. The Morgan fingerprint density at radius 3 is 1.91 bits per heavy atom. The second-order valence-corrected chi connectivity index (χ2v) is 5.26. The minimum absolute atomic E-state index is 0.899. The van der Waals surface area contributed by atoms with Crippen molar-refractivity contribution in [2.75, 3.05) is 6.61 Å². The topological polar surface area (TPSA) is 217 Å². The van der Waals surface area contributed by atoms with Gasteiger partial charge in [-0.1, -0.05) is 0 Å². The summed E-state index contributed by atoms with van der Waals surface area (Å²) in [7, 11) is 0. The average molecular weight is 329 g/mol. The number of ether oxygens (including phenoxy) is 1. The van der Waals surface area contributed by atoms with Gasteiger partial charge in [-0.2, -0.15) is 0 Å². The highest BCUT2D eigenvalue weighted by atomic mass is 16.6. The summed E-state index contributed by atoms with van der Waals surface area (Å²) in [6, 6.07) is -1.41. The van der Waals surface area contributed by atoms with Crippen molar-refractivity contribution in [2.24, 2.45) is 5.73 Å². The first kappa shape index (κ1) is 19.6. The van der Waals surface area contributed by atoms with Gasteiger partial charge < -0.3 is 56.4 Å². The maximum Gasteiger partial charge on any atom is 0.183 e. The van der Waals surface area contributed by atoms with Crippen molar-refractivity contribution in [3.8, 4) is 0 Å².